The number of nitrogens with zero attached hydrogens (tertiary/aromatic N) is 5. The summed E-state index contributed by atoms with van der Waals surface area (Å²) in [5.74, 6) is 2.07. The molecule has 0 bridgehead atoms. The first-order chi connectivity index (χ1) is 21.1. The third kappa shape index (κ3) is 7.70. The molecule has 5 rings (SSSR count). The number of anilines is 1. The number of urea groups is 1. The monoisotopic (exact) mass is 624 g/mol. The maximum Gasteiger partial charge on any atom is 0.573 e. The molecule has 1 aliphatic heterocycles. The molecule has 44 heavy (non-hydrogen) atoms. The number of hydrogen-bond acceptors (Lipinski definition) is 6. The minimum absolute atomic E-state index is 0.266. The number of amidine groups is 1. The van der Waals surface area contributed by atoms with E-state index in [1.54, 1.807) is 18.9 Å². The summed E-state index contributed by atoms with van der Waals surface area (Å²) < 4.78 is 48.0. The first kappa shape index (κ1) is 30.9. The van der Waals surface area contributed by atoms with Crippen LogP contribution in [0.5, 0.6) is 11.5 Å². The first-order valence-corrected chi connectivity index (χ1v) is 14.9. The van der Waals surface area contributed by atoms with Crippen LogP contribution in [0.15, 0.2) is 78.0 Å². The van der Waals surface area contributed by atoms with E-state index in [0.717, 1.165) is 46.8 Å². The molecule has 13 heteroatoms. The number of thioether (sulfide) groups is 1. The number of aliphatic imine (C=N–C) groups is 1. The number of alkyl halides is 3. The highest BCUT2D eigenvalue weighted by atomic mass is 32.2. The number of carbonyl (C=O) groups excluding carboxylic acids is 1. The first-order valence-electron chi connectivity index (χ1n) is 13.9. The predicted molar refractivity (Wildman–Crippen MR) is 165 cm³/mol. The van der Waals surface area contributed by atoms with Crippen LogP contribution < -0.4 is 19.7 Å². The van der Waals surface area contributed by atoms with Crippen molar-refractivity contribution in [2.75, 3.05) is 24.3 Å². The van der Waals surface area contributed by atoms with Crippen molar-refractivity contribution >= 4 is 28.6 Å². The fourth-order valence-corrected chi connectivity index (χ4v) is 5.59. The molecule has 0 atom stereocenters. The van der Waals surface area contributed by atoms with Crippen LogP contribution in [0.2, 0.25) is 0 Å². The van der Waals surface area contributed by atoms with E-state index in [1.165, 1.54) is 35.3 Å². The lowest BCUT2D eigenvalue weighted by Crippen LogP contribution is -2.36. The molecule has 0 saturated carbocycles. The Morgan fingerprint density at radius 1 is 1.07 bits per heavy atom. The van der Waals surface area contributed by atoms with Crippen LogP contribution >= 0.6 is 11.8 Å². The van der Waals surface area contributed by atoms with Crippen LogP contribution in [0.3, 0.4) is 0 Å². The Morgan fingerprint density at radius 3 is 2.48 bits per heavy atom. The van der Waals surface area contributed by atoms with Crippen molar-refractivity contribution in [1.29, 1.82) is 0 Å². The molecule has 0 aliphatic carbocycles. The summed E-state index contributed by atoms with van der Waals surface area (Å²) in [6, 6.07) is 18.3. The molecular weight excluding hydrogens is 593 g/mol. The molecule has 1 aliphatic rings. The quantitative estimate of drug-likeness (QED) is 0.222. The minimum atomic E-state index is -4.75. The molecule has 0 unspecified atom stereocenters. The molecule has 4 aromatic rings. The van der Waals surface area contributed by atoms with E-state index in [0.29, 0.717) is 16.7 Å². The van der Waals surface area contributed by atoms with E-state index in [-0.39, 0.29) is 18.2 Å². The highest BCUT2D eigenvalue weighted by Gasteiger charge is 2.31. The van der Waals surface area contributed by atoms with Gasteiger partial charge in [-0.2, -0.15) is 4.99 Å². The summed E-state index contributed by atoms with van der Waals surface area (Å²) in [6.45, 7) is 5.32. The van der Waals surface area contributed by atoms with Crippen molar-refractivity contribution in [3.05, 3.63) is 84.2 Å². The smallest absolute Gasteiger partial charge is 0.497 e. The number of ether oxygens (including phenoxy) is 2. The summed E-state index contributed by atoms with van der Waals surface area (Å²) in [4.78, 5) is 23.7. The van der Waals surface area contributed by atoms with Crippen LogP contribution in [0.4, 0.5) is 23.7 Å². The Kier molecular flexibility index (Phi) is 9.43. The standard InChI is InChI=1S/C31H31F3N6O3S/c1-20(2)26-17-25(42-3)13-14-27(26)39-15-4-16-44-30(39)37-29(41)35-18-21-5-7-22(8-6-21)28-36-19-40(38-28)23-9-11-24(12-10-23)43-31(32,33)34/h5-14,17,19-20H,4,15-16,18H2,1-3H3,(H,35,41)/b37-30-. The van der Waals surface area contributed by atoms with Crippen molar-refractivity contribution in [3.63, 3.8) is 0 Å². The highest BCUT2D eigenvalue weighted by Crippen LogP contribution is 2.34. The number of halogens is 3. The van der Waals surface area contributed by atoms with Crippen LogP contribution in [-0.4, -0.2) is 51.7 Å². The van der Waals surface area contributed by atoms with Gasteiger partial charge in [-0.25, -0.2) is 14.5 Å². The summed E-state index contributed by atoms with van der Waals surface area (Å²) in [5, 5.41) is 7.97. The fraction of sp³-hybridized carbons (Fsp3) is 0.290. The van der Waals surface area contributed by atoms with Gasteiger partial charge in [0.15, 0.2) is 11.0 Å². The van der Waals surface area contributed by atoms with Gasteiger partial charge in [0.25, 0.3) is 0 Å². The minimum Gasteiger partial charge on any atom is -0.497 e. The molecular formula is C31H31F3N6O3S. The average Bonchev–Trinajstić information content (AvgIpc) is 3.50. The van der Waals surface area contributed by atoms with Gasteiger partial charge in [0, 0.05) is 30.1 Å². The largest absolute Gasteiger partial charge is 0.573 e. The lowest BCUT2D eigenvalue weighted by molar-refractivity contribution is -0.274. The summed E-state index contributed by atoms with van der Waals surface area (Å²) >= 11 is 1.57. The van der Waals surface area contributed by atoms with Gasteiger partial charge in [0.1, 0.15) is 17.8 Å². The van der Waals surface area contributed by atoms with Gasteiger partial charge < -0.3 is 19.7 Å². The van der Waals surface area contributed by atoms with Gasteiger partial charge in [0.05, 0.1) is 12.8 Å². The molecule has 3 aromatic carbocycles. The molecule has 0 radical (unpaired) electrons. The van der Waals surface area contributed by atoms with Crippen LogP contribution in [0, 0.1) is 0 Å². The van der Waals surface area contributed by atoms with Crippen molar-refractivity contribution in [3.8, 4) is 28.6 Å². The van der Waals surface area contributed by atoms with Crippen LogP contribution in [-0.2, 0) is 6.54 Å². The van der Waals surface area contributed by atoms with E-state index >= 15 is 0 Å². The predicted octanol–water partition coefficient (Wildman–Crippen LogP) is 7.17. The second kappa shape index (κ2) is 13.4. The zero-order valence-corrected chi connectivity index (χ0v) is 25.2. The van der Waals surface area contributed by atoms with Gasteiger partial charge >= 0.3 is 12.4 Å². The topological polar surface area (TPSA) is 93.9 Å². The number of nitrogens with one attached hydrogen (secondary N) is 1. The average molecular weight is 625 g/mol. The van der Waals surface area contributed by atoms with E-state index in [9.17, 15) is 18.0 Å². The number of hydrogen-bond donors (Lipinski definition) is 1. The zero-order valence-electron chi connectivity index (χ0n) is 24.3. The summed E-state index contributed by atoms with van der Waals surface area (Å²) in [6.07, 6.45) is -2.29. The second-order valence-corrected chi connectivity index (χ2v) is 11.3. The molecule has 9 nitrogen and oxygen atoms in total. The van der Waals surface area contributed by atoms with Crippen molar-refractivity contribution in [1.82, 2.24) is 20.1 Å². The number of amides is 2. The van der Waals surface area contributed by atoms with Gasteiger partial charge in [0.2, 0.25) is 0 Å². The normalized spacial score (nSPS) is 14.6. The van der Waals surface area contributed by atoms with Crippen LogP contribution in [0.1, 0.15) is 37.3 Å². The zero-order chi connectivity index (χ0) is 31.3. The highest BCUT2D eigenvalue weighted by molar-refractivity contribution is 8.14. The molecule has 1 saturated heterocycles. The Balaban J connectivity index is 1.21. The molecule has 0 spiro atoms. The van der Waals surface area contributed by atoms with Gasteiger partial charge in [-0.15, -0.1) is 18.3 Å². The van der Waals surface area contributed by atoms with E-state index in [1.807, 2.05) is 42.5 Å². The number of carbonyl (C=O) groups is 1. The number of benzene rings is 3. The fourth-order valence-electron chi connectivity index (χ4n) is 4.64. The molecule has 1 N–H and O–H groups in total. The van der Waals surface area contributed by atoms with E-state index in [2.05, 4.69) is 43.9 Å². The van der Waals surface area contributed by atoms with Crippen molar-refractivity contribution in [2.45, 2.75) is 39.1 Å². The van der Waals surface area contributed by atoms with Crippen LogP contribution in [0.25, 0.3) is 17.1 Å². The summed E-state index contributed by atoms with van der Waals surface area (Å²) in [5.41, 5.74) is 4.30. The maximum absolute atomic E-state index is 12.9. The number of methoxy groups -OCH3 is 1. The number of rotatable bonds is 8. The molecule has 230 valence electrons. The van der Waals surface area contributed by atoms with Crippen molar-refractivity contribution < 1.29 is 27.4 Å². The lowest BCUT2D eigenvalue weighted by atomic mass is 10.00. The van der Waals surface area contributed by atoms with Gasteiger partial charge in [-0.3, -0.25) is 0 Å². The molecule has 2 amide bonds. The third-order valence-corrected chi connectivity index (χ3v) is 7.88. The summed E-state index contributed by atoms with van der Waals surface area (Å²) in [7, 11) is 1.65. The Bertz CT molecular complexity index is 1620. The van der Waals surface area contributed by atoms with Crippen molar-refractivity contribution in [2.24, 2.45) is 4.99 Å². The van der Waals surface area contributed by atoms with E-state index in [4.69, 9.17) is 4.74 Å². The number of aromatic nitrogens is 3. The molecule has 2 heterocycles. The Hall–Kier alpha value is -4.52. The molecule has 1 fully saturated rings. The SMILES string of the molecule is COc1ccc(N2CCCS/C2=N\C(=O)NCc2ccc(-c3ncn(-c4ccc(OC(F)(F)F)cc4)n3)cc2)c(C(C)C)c1. The third-order valence-electron chi connectivity index (χ3n) is 6.82. The lowest BCUT2D eigenvalue weighted by Gasteiger charge is -2.32. The Labute approximate surface area is 257 Å². The molecule has 1 aromatic heterocycles. The van der Waals surface area contributed by atoms with Gasteiger partial charge in [-0.1, -0.05) is 49.9 Å². The second-order valence-electron chi connectivity index (χ2n) is 10.2. The van der Waals surface area contributed by atoms with Gasteiger partial charge in [-0.05, 0) is 65.9 Å². The Morgan fingerprint density at radius 2 is 1.80 bits per heavy atom. The maximum atomic E-state index is 12.9. The van der Waals surface area contributed by atoms with E-state index < -0.39 is 12.4 Å².